The predicted molar refractivity (Wildman–Crippen MR) is 66.3 cm³/mol. The fourth-order valence-electron chi connectivity index (χ4n) is 1.25. The molecule has 0 saturated carbocycles. The van der Waals surface area contributed by atoms with E-state index in [2.05, 4.69) is 11.9 Å². The second-order valence-corrected chi connectivity index (χ2v) is 3.91. The lowest BCUT2D eigenvalue weighted by Gasteiger charge is -2.02. The number of aliphatic imine (C=N–C) groups is 1. The highest BCUT2D eigenvalue weighted by Gasteiger charge is 1.97. The first-order valence-corrected chi connectivity index (χ1v) is 5.64. The summed E-state index contributed by atoms with van der Waals surface area (Å²) in [5.41, 5.74) is 6.79. The average molecular weight is 225 g/mol. The van der Waals surface area contributed by atoms with Crippen LogP contribution in [-0.2, 0) is 6.54 Å². The van der Waals surface area contributed by atoms with Gasteiger partial charge in [0.05, 0.1) is 12.4 Å². The molecule has 0 spiro atoms. The van der Waals surface area contributed by atoms with Gasteiger partial charge in [-0.05, 0) is 18.1 Å². The van der Waals surface area contributed by atoms with Gasteiger partial charge in [-0.3, -0.25) is 4.99 Å². The number of nitrogens with two attached hydrogens (primary N) is 1. The standard InChI is InChI=1S/C12H17ClN2/c1-2-3-8-12(14)15-9-10-6-4-5-7-11(10)13/h4-7H,2-3,8-9H2,1H3,(H2,14,15). The molecule has 0 aliphatic rings. The number of hydrogen-bond acceptors (Lipinski definition) is 1. The van der Waals surface area contributed by atoms with Crippen molar-refractivity contribution in [3.05, 3.63) is 34.9 Å². The summed E-state index contributed by atoms with van der Waals surface area (Å²) in [6.07, 6.45) is 3.11. The molecular formula is C12H17ClN2. The second-order valence-electron chi connectivity index (χ2n) is 3.50. The Morgan fingerprint density at radius 2 is 2.13 bits per heavy atom. The summed E-state index contributed by atoms with van der Waals surface area (Å²) >= 11 is 6.00. The number of unbranched alkanes of at least 4 members (excludes halogenated alkanes) is 1. The van der Waals surface area contributed by atoms with E-state index >= 15 is 0 Å². The minimum Gasteiger partial charge on any atom is -0.387 e. The molecule has 0 aromatic heterocycles. The molecule has 2 nitrogen and oxygen atoms in total. The molecule has 0 unspecified atom stereocenters. The number of rotatable bonds is 5. The van der Waals surface area contributed by atoms with Crippen molar-refractivity contribution in [3.8, 4) is 0 Å². The van der Waals surface area contributed by atoms with E-state index in [0.29, 0.717) is 6.54 Å². The summed E-state index contributed by atoms with van der Waals surface area (Å²) in [5.74, 6) is 0.719. The highest BCUT2D eigenvalue weighted by Crippen LogP contribution is 2.15. The van der Waals surface area contributed by atoms with Gasteiger partial charge < -0.3 is 5.73 Å². The molecule has 0 amide bonds. The molecular weight excluding hydrogens is 208 g/mol. The van der Waals surface area contributed by atoms with Crippen LogP contribution in [0.5, 0.6) is 0 Å². The van der Waals surface area contributed by atoms with Crippen molar-refractivity contribution < 1.29 is 0 Å². The van der Waals surface area contributed by atoms with Gasteiger partial charge in [-0.25, -0.2) is 0 Å². The molecule has 0 radical (unpaired) electrons. The number of benzene rings is 1. The molecule has 0 saturated heterocycles. The minimum atomic E-state index is 0.579. The zero-order chi connectivity index (χ0) is 11.1. The summed E-state index contributed by atoms with van der Waals surface area (Å²) < 4.78 is 0. The SMILES string of the molecule is CCCCC(N)=NCc1ccccc1Cl. The summed E-state index contributed by atoms with van der Waals surface area (Å²) in [4.78, 5) is 4.30. The van der Waals surface area contributed by atoms with Gasteiger partial charge in [0, 0.05) is 11.4 Å². The number of nitrogens with zero attached hydrogens (tertiary/aromatic N) is 1. The van der Waals surface area contributed by atoms with Crippen LogP contribution in [0.25, 0.3) is 0 Å². The highest BCUT2D eigenvalue weighted by atomic mass is 35.5. The summed E-state index contributed by atoms with van der Waals surface area (Å²) in [6.45, 7) is 2.72. The maximum Gasteiger partial charge on any atom is 0.0941 e. The fraction of sp³-hybridized carbons (Fsp3) is 0.417. The lowest BCUT2D eigenvalue weighted by molar-refractivity contribution is 0.825. The summed E-state index contributed by atoms with van der Waals surface area (Å²) in [7, 11) is 0. The van der Waals surface area contributed by atoms with Gasteiger partial charge >= 0.3 is 0 Å². The van der Waals surface area contributed by atoms with Crippen molar-refractivity contribution >= 4 is 17.4 Å². The Bertz CT molecular complexity index is 334. The Balaban J connectivity index is 2.52. The van der Waals surface area contributed by atoms with Crippen molar-refractivity contribution in [1.82, 2.24) is 0 Å². The Hall–Kier alpha value is -1.02. The van der Waals surface area contributed by atoms with Gasteiger partial charge in [0.15, 0.2) is 0 Å². The van der Waals surface area contributed by atoms with Crippen molar-refractivity contribution in [3.63, 3.8) is 0 Å². The van der Waals surface area contributed by atoms with E-state index in [1.54, 1.807) is 0 Å². The Morgan fingerprint density at radius 3 is 2.80 bits per heavy atom. The van der Waals surface area contributed by atoms with Crippen LogP contribution in [0.4, 0.5) is 0 Å². The molecule has 0 atom stereocenters. The van der Waals surface area contributed by atoms with Crippen LogP contribution in [0, 0.1) is 0 Å². The molecule has 15 heavy (non-hydrogen) atoms. The molecule has 1 rings (SSSR count). The van der Waals surface area contributed by atoms with Crippen molar-refractivity contribution in [2.24, 2.45) is 10.7 Å². The Morgan fingerprint density at radius 1 is 1.40 bits per heavy atom. The second kappa shape index (κ2) is 6.46. The van der Waals surface area contributed by atoms with Crippen LogP contribution in [0.1, 0.15) is 31.7 Å². The smallest absolute Gasteiger partial charge is 0.0941 e. The molecule has 0 aliphatic carbocycles. The first-order chi connectivity index (χ1) is 7.24. The molecule has 1 aromatic carbocycles. The molecule has 0 heterocycles. The number of amidine groups is 1. The third kappa shape index (κ3) is 4.34. The van der Waals surface area contributed by atoms with E-state index in [4.69, 9.17) is 17.3 Å². The quantitative estimate of drug-likeness (QED) is 0.604. The predicted octanol–water partition coefficient (Wildman–Crippen LogP) is 3.39. The fourth-order valence-corrected chi connectivity index (χ4v) is 1.45. The number of halogens is 1. The normalized spacial score (nSPS) is 11.7. The lowest BCUT2D eigenvalue weighted by Crippen LogP contribution is -2.11. The third-order valence-corrected chi connectivity index (χ3v) is 2.57. The van der Waals surface area contributed by atoms with Crippen molar-refractivity contribution in [2.45, 2.75) is 32.7 Å². The van der Waals surface area contributed by atoms with E-state index in [1.165, 1.54) is 0 Å². The van der Waals surface area contributed by atoms with E-state index in [1.807, 2.05) is 24.3 Å². The zero-order valence-corrected chi connectivity index (χ0v) is 9.80. The highest BCUT2D eigenvalue weighted by molar-refractivity contribution is 6.31. The molecule has 82 valence electrons. The van der Waals surface area contributed by atoms with Crippen LogP contribution in [0.15, 0.2) is 29.3 Å². The van der Waals surface area contributed by atoms with Crippen molar-refractivity contribution in [2.75, 3.05) is 0 Å². The first kappa shape index (κ1) is 12.1. The van der Waals surface area contributed by atoms with Gasteiger partial charge in [-0.1, -0.05) is 43.1 Å². The lowest BCUT2D eigenvalue weighted by atomic mass is 10.2. The van der Waals surface area contributed by atoms with E-state index in [9.17, 15) is 0 Å². The average Bonchev–Trinajstić information content (AvgIpc) is 2.25. The van der Waals surface area contributed by atoms with E-state index in [0.717, 1.165) is 35.7 Å². The van der Waals surface area contributed by atoms with Gasteiger partial charge in [0.2, 0.25) is 0 Å². The molecule has 3 heteroatoms. The van der Waals surface area contributed by atoms with Gasteiger partial charge in [0.25, 0.3) is 0 Å². The Labute approximate surface area is 96.2 Å². The van der Waals surface area contributed by atoms with Crippen LogP contribution in [-0.4, -0.2) is 5.84 Å². The van der Waals surface area contributed by atoms with Crippen LogP contribution in [0.2, 0.25) is 5.02 Å². The molecule has 0 fully saturated rings. The topological polar surface area (TPSA) is 38.4 Å². The maximum atomic E-state index is 6.00. The Kier molecular flexibility index (Phi) is 5.19. The van der Waals surface area contributed by atoms with E-state index < -0.39 is 0 Å². The zero-order valence-electron chi connectivity index (χ0n) is 9.04. The van der Waals surface area contributed by atoms with Gasteiger partial charge in [0.1, 0.15) is 0 Å². The molecule has 0 bridgehead atoms. The number of hydrogen-bond donors (Lipinski definition) is 1. The van der Waals surface area contributed by atoms with Crippen LogP contribution >= 0.6 is 11.6 Å². The minimum absolute atomic E-state index is 0.579. The summed E-state index contributed by atoms with van der Waals surface area (Å²) in [6, 6.07) is 7.71. The summed E-state index contributed by atoms with van der Waals surface area (Å²) in [5, 5.41) is 0.754. The van der Waals surface area contributed by atoms with Crippen molar-refractivity contribution in [1.29, 1.82) is 0 Å². The van der Waals surface area contributed by atoms with Crippen LogP contribution in [0.3, 0.4) is 0 Å². The van der Waals surface area contributed by atoms with Gasteiger partial charge in [-0.15, -0.1) is 0 Å². The molecule has 2 N–H and O–H groups in total. The first-order valence-electron chi connectivity index (χ1n) is 5.26. The van der Waals surface area contributed by atoms with Gasteiger partial charge in [-0.2, -0.15) is 0 Å². The largest absolute Gasteiger partial charge is 0.387 e. The maximum absolute atomic E-state index is 6.00. The monoisotopic (exact) mass is 224 g/mol. The third-order valence-electron chi connectivity index (χ3n) is 2.20. The van der Waals surface area contributed by atoms with Crippen LogP contribution < -0.4 is 5.73 Å². The molecule has 1 aromatic rings. The molecule has 0 aliphatic heterocycles. The van der Waals surface area contributed by atoms with E-state index in [-0.39, 0.29) is 0 Å².